The summed E-state index contributed by atoms with van der Waals surface area (Å²) in [7, 11) is -3.50. The summed E-state index contributed by atoms with van der Waals surface area (Å²) >= 11 is 0. The maximum absolute atomic E-state index is 13.2. The van der Waals surface area contributed by atoms with Crippen LogP contribution in [0.15, 0.2) is 64.0 Å². The minimum atomic E-state index is -3.50. The Morgan fingerprint density at radius 3 is 2.38 bits per heavy atom. The average Bonchev–Trinajstić information content (AvgIpc) is 3.15. The molecule has 1 saturated heterocycles. The van der Waals surface area contributed by atoms with E-state index in [2.05, 4.69) is 29.4 Å². The first-order valence-corrected chi connectivity index (χ1v) is 11.5. The molecule has 2 heterocycles. The van der Waals surface area contributed by atoms with Crippen LogP contribution in [0.2, 0.25) is 0 Å². The van der Waals surface area contributed by atoms with Crippen LogP contribution < -0.4 is 0 Å². The molecule has 3 aromatic rings. The fraction of sp³-hybridized carbons (Fsp3) is 0.348. The molecule has 1 aliphatic heterocycles. The van der Waals surface area contributed by atoms with E-state index in [1.807, 2.05) is 32.0 Å². The zero-order valence-corrected chi connectivity index (χ0v) is 17.7. The van der Waals surface area contributed by atoms with Gasteiger partial charge in [-0.05, 0) is 68.4 Å². The second-order valence-electron chi connectivity index (χ2n) is 7.85. The van der Waals surface area contributed by atoms with Gasteiger partial charge in [0.2, 0.25) is 10.0 Å². The highest BCUT2D eigenvalue weighted by Crippen LogP contribution is 2.30. The minimum Gasteiger partial charge on any atom is -0.356 e. The predicted molar refractivity (Wildman–Crippen MR) is 113 cm³/mol. The SMILES string of the molecule is Cc1cc(-c2ccc(S(=O)(=O)N3CCC(Cc4ccccc4)CC3)c(C)c2)on1. The van der Waals surface area contributed by atoms with Gasteiger partial charge in [0.15, 0.2) is 5.76 Å². The number of benzene rings is 2. The molecule has 0 amide bonds. The Morgan fingerprint density at radius 2 is 1.76 bits per heavy atom. The highest BCUT2D eigenvalue weighted by Gasteiger charge is 2.30. The Hall–Kier alpha value is -2.44. The molecule has 4 rings (SSSR count). The van der Waals surface area contributed by atoms with E-state index < -0.39 is 10.0 Å². The molecule has 1 aromatic heterocycles. The maximum Gasteiger partial charge on any atom is 0.243 e. The lowest BCUT2D eigenvalue weighted by molar-refractivity contribution is 0.273. The van der Waals surface area contributed by atoms with Gasteiger partial charge in [-0.2, -0.15) is 4.31 Å². The summed E-state index contributed by atoms with van der Waals surface area (Å²) in [5.41, 5.74) is 3.68. The monoisotopic (exact) mass is 410 g/mol. The third-order valence-electron chi connectivity index (χ3n) is 5.65. The lowest BCUT2D eigenvalue weighted by atomic mass is 9.91. The van der Waals surface area contributed by atoms with Crippen LogP contribution in [0, 0.1) is 19.8 Å². The van der Waals surface area contributed by atoms with E-state index in [0.717, 1.165) is 36.1 Å². The first-order valence-electron chi connectivity index (χ1n) is 10.0. The van der Waals surface area contributed by atoms with E-state index in [1.165, 1.54) is 5.56 Å². The van der Waals surface area contributed by atoms with Gasteiger partial charge in [0.1, 0.15) is 0 Å². The number of rotatable bonds is 5. The van der Waals surface area contributed by atoms with Crippen molar-refractivity contribution in [2.45, 2.75) is 38.0 Å². The summed E-state index contributed by atoms with van der Waals surface area (Å²) < 4.78 is 33.4. The van der Waals surface area contributed by atoms with Crippen molar-refractivity contribution in [2.24, 2.45) is 5.92 Å². The second kappa shape index (κ2) is 8.13. The Kier molecular flexibility index (Phi) is 5.56. The molecule has 0 N–H and O–H groups in total. The quantitative estimate of drug-likeness (QED) is 0.617. The summed E-state index contributed by atoms with van der Waals surface area (Å²) in [6, 6.07) is 17.6. The third-order valence-corrected chi connectivity index (χ3v) is 7.70. The molecule has 1 fully saturated rings. The third kappa shape index (κ3) is 4.28. The lowest BCUT2D eigenvalue weighted by Gasteiger charge is -2.31. The molecule has 0 saturated carbocycles. The summed E-state index contributed by atoms with van der Waals surface area (Å²) in [5.74, 6) is 1.18. The smallest absolute Gasteiger partial charge is 0.243 e. The standard InChI is InChI=1S/C23H26N2O3S/c1-17-14-21(22-15-18(2)24-28-22)8-9-23(17)29(26,27)25-12-10-20(11-13-25)16-19-6-4-3-5-7-19/h3-9,14-15,20H,10-13,16H2,1-2H3. The zero-order valence-electron chi connectivity index (χ0n) is 16.8. The molecule has 2 aromatic carbocycles. The van der Waals surface area contributed by atoms with Crippen molar-refractivity contribution in [1.29, 1.82) is 0 Å². The van der Waals surface area contributed by atoms with Gasteiger partial charge < -0.3 is 4.52 Å². The van der Waals surface area contributed by atoms with Crippen LogP contribution in [0.3, 0.4) is 0 Å². The lowest BCUT2D eigenvalue weighted by Crippen LogP contribution is -2.39. The van der Waals surface area contributed by atoms with Crippen molar-refractivity contribution in [2.75, 3.05) is 13.1 Å². The molecule has 29 heavy (non-hydrogen) atoms. The van der Waals surface area contributed by atoms with Crippen LogP contribution >= 0.6 is 0 Å². The molecular formula is C23H26N2O3S. The van der Waals surface area contributed by atoms with Crippen LogP contribution in [0.5, 0.6) is 0 Å². The van der Waals surface area contributed by atoms with Gasteiger partial charge in [0.25, 0.3) is 0 Å². The van der Waals surface area contributed by atoms with Gasteiger partial charge in [-0.1, -0.05) is 35.5 Å². The van der Waals surface area contributed by atoms with Crippen molar-refractivity contribution >= 4 is 10.0 Å². The maximum atomic E-state index is 13.2. The minimum absolute atomic E-state index is 0.374. The normalized spacial score (nSPS) is 16.2. The Bertz CT molecular complexity index is 1080. The van der Waals surface area contributed by atoms with Crippen molar-refractivity contribution in [1.82, 2.24) is 9.46 Å². The van der Waals surface area contributed by atoms with Crippen molar-refractivity contribution < 1.29 is 12.9 Å². The molecule has 0 aliphatic carbocycles. The van der Waals surface area contributed by atoms with E-state index >= 15 is 0 Å². The van der Waals surface area contributed by atoms with Crippen LogP contribution in [0.1, 0.15) is 29.7 Å². The topological polar surface area (TPSA) is 63.4 Å². The fourth-order valence-electron chi connectivity index (χ4n) is 4.03. The molecule has 152 valence electrons. The van der Waals surface area contributed by atoms with Gasteiger partial charge in [0, 0.05) is 24.7 Å². The highest BCUT2D eigenvalue weighted by atomic mass is 32.2. The number of aromatic nitrogens is 1. The van der Waals surface area contributed by atoms with Crippen LogP contribution in [0.25, 0.3) is 11.3 Å². The predicted octanol–water partition coefficient (Wildman–Crippen LogP) is 4.60. The van der Waals surface area contributed by atoms with E-state index in [0.29, 0.717) is 29.7 Å². The van der Waals surface area contributed by atoms with Crippen molar-refractivity contribution in [3.8, 4) is 11.3 Å². The van der Waals surface area contributed by atoms with Gasteiger partial charge in [-0.3, -0.25) is 0 Å². The Balaban J connectivity index is 1.46. The first-order chi connectivity index (χ1) is 13.9. The number of nitrogens with zero attached hydrogens (tertiary/aromatic N) is 2. The summed E-state index contributed by atoms with van der Waals surface area (Å²) in [4.78, 5) is 0.374. The van der Waals surface area contributed by atoms with Gasteiger partial charge in [-0.15, -0.1) is 0 Å². The summed E-state index contributed by atoms with van der Waals surface area (Å²) in [5, 5.41) is 3.90. The second-order valence-corrected chi connectivity index (χ2v) is 9.76. The number of hydrogen-bond acceptors (Lipinski definition) is 4. The molecule has 0 unspecified atom stereocenters. The van der Waals surface area contributed by atoms with Crippen LogP contribution in [-0.2, 0) is 16.4 Å². The average molecular weight is 411 g/mol. The molecule has 0 atom stereocenters. The Labute approximate surface area is 172 Å². The molecule has 1 aliphatic rings. The largest absolute Gasteiger partial charge is 0.356 e. The summed E-state index contributed by atoms with van der Waals surface area (Å²) in [6.07, 6.45) is 2.80. The highest BCUT2D eigenvalue weighted by molar-refractivity contribution is 7.89. The molecule has 0 radical (unpaired) electrons. The van der Waals surface area contributed by atoms with E-state index in [-0.39, 0.29) is 0 Å². The van der Waals surface area contributed by atoms with Gasteiger partial charge in [-0.25, -0.2) is 8.42 Å². The van der Waals surface area contributed by atoms with Gasteiger partial charge in [0.05, 0.1) is 10.6 Å². The molecular weight excluding hydrogens is 384 g/mol. The Morgan fingerprint density at radius 1 is 1.03 bits per heavy atom. The van der Waals surface area contributed by atoms with Crippen LogP contribution in [-0.4, -0.2) is 31.0 Å². The first kappa shape index (κ1) is 19.9. The van der Waals surface area contributed by atoms with Crippen molar-refractivity contribution in [3.05, 3.63) is 71.4 Å². The number of piperidine rings is 1. The van der Waals surface area contributed by atoms with E-state index in [4.69, 9.17) is 4.52 Å². The van der Waals surface area contributed by atoms with Crippen molar-refractivity contribution in [3.63, 3.8) is 0 Å². The summed E-state index contributed by atoms with van der Waals surface area (Å²) in [6.45, 7) is 4.84. The van der Waals surface area contributed by atoms with Crippen LogP contribution in [0.4, 0.5) is 0 Å². The molecule has 5 nitrogen and oxygen atoms in total. The van der Waals surface area contributed by atoms with Gasteiger partial charge >= 0.3 is 0 Å². The fourth-order valence-corrected chi connectivity index (χ4v) is 5.71. The molecule has 0 bridgehead atoms. The molecule has 0 spiro atoms. The number of hydrogen-bond donors (Lipinski definition) is 0. The van der Waals surface area contributed by atoms with E-state index in [9.17, 15) is 8.42 Å². The van der Waals surface area contributed by atoms with E-state index in [1.54, 1.807) is 16.4 Å². The number of aryl methyl sites for hydroxylation is 2. The zero-order chi connectivity index (χ0) is 20.4. The number of sulfonamides is 1. The molecule has 6 heteroatoms.